The quantitative estimate of drug-likeness (QED) is 0.495. The summed E-state index contributed by atoms with van der Waals surface area (Å²) in [5.41, 5.74) is 4.79. The number of rotatable bonds is 6. The molecule has 3 heterocycles. The Morgan fingerprint density at radius 2 is 1.91 bits per heavy atom. The molecule has 1 fully saturated rings. The molecule has 1 aromatic heterocycles. The molecule has 1 saturated heterocycles. The highest BCUT2D eigenvalue weighted by Crippen LogP contribution is 2.37. The smallest absolute Gasteiger partial charge is 0.335 e. The third kappa shape index (κ3) is 4.36. The molecule has 3 aromatic rings. The second-order valence-corrected chi connectivity index (χ2v) is 8.29. The van der Waals surface area contributed by atoms with Crippen LogP contribution >= 0.6 is 0 Å². The van der Waals surface area contributed by atoms with Crippen LogP contribution < -0.4 is 10.6 Å². The molecule has 2 aliphatic rings. The number of carbonyl (C=O) groups excluding carboxylic acids is 1. The molecule has 33 heavy (non-hydrogen) atoms. The van der Waals surface area contributed by atoms with Crippen molar-refractivity contribution in [3.8, 4) is 0 Å². The average Bonchev–Trinajstić information content (AvgIpc) is 3.44. The lowest BCUT2D eigenvalue weighted by atomic mass is 10.00. The van der Waals surface area contributed by atoms with Gasteiger partial charge in [0.1, 0.15) is 0 Å². The van der Waals surface area contributed by atoms with Crippen molar-refractivity contribution in [2.45, 2.75) is 19.4 Å². The van der Waals surface area contributed by atoms with Crippen molar-refractivity contribution in [3.05, 3.63) is 89.2 Å². The Balaban J connectivity index is 1.58. The number of fused-ring (bicyclic) bond motifs is 1. The molecule has 0 aliphatic carbocycles. The molecule has 0 radical (unpaired) electrons. The van der Waals surface area contributed by atoms with Gasteiger partial charge in [0, 0.05) is 29.7 Å². The SMILES string of the molecule is O=C1Nc2ccc(C(=O)O)cc2/C1=C(/Nc1cccc(CN2CCCC2)c1)c1ccccn1. The van der Waals surface area contributed by atoms with Gasteiger partial charge in [-0.05, 0) is 74.0 Å². The number of carboxylic acid groups (broad SMARTS) is 1. The number of hydrogen-bond acceptors (Lipinski definition) is 5. The molecule has 7 nitrogen and oxygen atoms in total. The summed E-state index contributed by atoms with van der Waals surface area (Å²) in [6, 6.07) is 18.3. The number of benzene rings is 2. The fraction of sp³-hybridized carbons (Fsp3) is 0.192. The Hall–Kier alpha value is -3.97. The summed E-state index contributed by atoms with van der Waals surface area (Å²) in [4.78, 5) is 31.5. The number of hydrogen-bond donors (Lipinski definition) is 3. The lowest BCUT2D eigenvalue weighted by Crippen LogP contribution is -2.18. The molecule has 0 spiro atoms. The number of nitrogens with zero attached hydrogens (tertiary/aromatic N) is 2. The number of amides is 1. The summed E-state index contributed by atoms with van der Waals surface area (Å²) >= 11 is 0. The molecule has 0 unspecified atom stereocenters. The van der Waals surface area contributed by atoms with Crippen LogP contribution in [-0.4, -0.2) is 40.0 Å². The summed E-state index contributed by atoms with van der Waals surface area (Å²) in [7, 11) is 0. The molecule has 5 rings (SSSR count). The maximum Gasteiger partial charge on any atom is 0.335 e. The normalized spacial score (nSPS) is 16.9. The molecule has 166 valence electrons. The first-order valence-corrected chi connectivity index (χ1v) is 11.0. The van der Waals surface area contributed by atoms with Crippen molar-refractivity contribution in [2.75, 3.05) is 23.7 Å². The van der Waals surface area contributed by atoms with E-state index in [9.17, 15) is 14.7 Å². The first-order valence-electron chi connectivity index (χ1n) is 11.0. The number of pyridine rings is 1. The van der Waals surface area contributed by atoms with Gasteiger partial charge in [-0.2, -0.15) is 0 Å². The lowest BCUT2D eigenvalue weighted by molar-refractivity contribution is -0.110. The van der Waals surface area contributed by atoms with Gasteiger partial charge in [-0.1, -0.05) is 18.2 Å². The highest BCUT2D eigenvalue weighted by Gasteiger charge is 2.30. The molecular weight excluding hydrogens is 416 g/mol. The minimum atomic E-state index is -1.04. The fourth-order valence-corrected chi connectivity index (χ4v) is 4.40. The predicted octanol–water partition coefficient (Wildman–Crippen LogP) is 4.31. The van der Waals surface area contributed by atoms with Crippen LogP contribution in [0.1, 0.15) is 40.0 Å². The number of aromatic carboxylic acids is 1. The fourth-order valence-electron chi connectivity index (χ4n) is 4.40. The topological polar surface area (TPSA) is 94.6 Å². The lowest BCUT2D eigenvalue weighted by Gasteiger charge is -2.17. The molecule has 2 aliphatic heterocycles. The third-order valence-electron chi connectivity index (χ3n) is 5.98. The highest BCUT2D eigenvalue weighted by atomic mass is 16.4. The maximum atomic E-state index is 13.0. The summed E-state index contributed by atoms with van der Waals surface area (Å²) < 4.78 is 0. The van der Waals surface area contributed by atoms with E-state index in [1.807, 2.05) is 30.3 Å². The Kier molecular flexibility index (Phi) is 5.62. The standard InChI is InChI=1S/C26H24N4O3/c31-25-23(20-15-18(26(32)33)9-10-21(20)29-25)24(22-8-1-2-11-27-22)28-19-7-5-6-17(14-19)16-30-12-3-4-13-30/h1-2,5-11,14-15,28H,3-4,12-13,16H2,(H,29,31)(H,32,33)/b24-23-. The van der Waals surface area contributed by atoms with Gasteiger partial charge in [-0.3, -0.25) is 14.7 Å². The van der Waals surface area contributed by atoms with E-state index in [0.717, 1.165) is 25.3 Å². The van der Waals surface area contributed by atoms with E-state index < -0.39 is 5.97 Å². The predicted molar refractivity (Wildman–Crippen MR) is 128 cm³/mol. The first kappa shape index (κ1) is 20.9. The Bertz CT molecular complexity index is 1250. The monoisotopic (exact) mass is 440 g/mol. The number of aromatic nitrogens is 1. The van der Waals surface area contributed by atoms with Crippen LogP contribution in [0.5, 0.6) is 0 Å². The van der Waals surface area contributed by atoms with Gasteiger partial charge >= 0.3 is 5.97 Å². The zero-order valence-corrected chi connectivity index (χ0v) is 18.0. The second kappa shape index (κ2) is 8.88. The van der Waals surface area contributed by atoms with Gasteiger partial charge in [0.25, 0.3) is 5.91 Å². The van der Waals surface area contributed by atoms with Crippen LogP contribution in [0, 0.1) is 0 Å². The molecule has 7 heteroatoms. The van der Waals surface area contributed by atoms with Gasteiger partial charge in [0.05, 0.1) is 22.5 Å². The van der Waals surface area contributed by atoms with E-state index in [1.54, 1.807) is 12.3 Å². The van der Waals surface area contributed by atoms with E-state index >= 15 is 0 Å². The van der Waals surface area contributed by atoms with Crippen LogP contribution in [0.4, 0.5) is 11.4 Å². The van der Waals surface area contributed by atoms with Crippen molar-refractivity contribution in [2.24, 2.45) is 0 Å². The van der Waals surface area contributed by atoms with Gasteiger partial charge < -0.3 is 15.7 Å². The van der Waals surface area contributed by atoms with Crippen molar-refractivity contribution in [1.29, 1.82) is 0 Å². The van der Waals surface area contributed by atoms with Crippen LogP contribution in [0.25, 0.3) is 11.3 Å². The van der Waals surface area contributed by atoms with Crippen LogP contribution in [-0.2, 0) is 11.3 Å². The molecule has 1 amide bonds. The number of likely N-dealkylation sites (tertiary alicyclic amines) is 1. The van der Waals surface area contributed by atoms with Crippen LogP contribution in [0.3, 0.4) is 0 Å². The molecule has 2 aromatic carbocycles. The molecule has 3 N–H and O–H groups in total. The number of anilines is 2. The number of carbonyl (C=O) groups is 2. The van der Waals surface area contributed by atoms with Crippen molar-refractivity contribution in [3.63, 3.8) is 0 Å². The van der Waals surface area contributed by atoms with Gasteiger partial charge in [-0.15, -0.1) is 0 Å². The molecular formula is C26H24N4O3. The van der Waals surface area contributed by atoms with E-state index in [0.29, 0.717) is 28.2 Å². The third-order valence-corrected chi connectivity index (χ3v) is 5.98. The zero-order valence-electron chi connectivity index (χ0n) is 18.0. The molecule has 0 saturated carbocycles. The Labute approximate surface area is 191 Å². The minimum Gasteiger partial charge on any atom is -0.478 e. The van der Waals surface area contributed by atoms with E-state index in [4.69, 9.17) is 0 Å². The van der Waals surface area contributed by atoms with Gasteiger partial charge in [-0.25, -0.2) is 4.79 Å². The largest absolute Gasteiger partial charge is 0.478 e. The second-order valence-electron chi connectivity index (χ2n) is 8.29. The first-order chi connectivity index (χ1) is 16.1. The average molecular weight is 441 g/mol. The van der Waals surface area contributed by atoms with E-state index in [-0.39, 0.29) is 11.5 Å². The van der Waals surface area contributed by atoms with E-state index in [2.05, 4.69) is 32.7 Å². The van der Waals surface area contributed by atoms with Gasteiger partial charge in [0.15, 0.2) is 0 Å². The minimum absolute atomic E-state index is 0.121. The highest BCUT2D eigenvalue weighted by molar-refractivity contribution is 6.37. The Morgan fingerprint density at radius 1 is 1.06 bits per heavy atom. The summed E-state index contributed by atoms with van der Waals surface area (Å²) in [6.07, 6.45) is 4.14. The van der Waals surface area contributed by atoms with Crippen molar-refractivity contribution in [1.82, 2.24) is 9.88 Å². The van der Waals surface area contributed by atoms with Crippen LogP contribution in [0.15, 0.2) is 66.9 Å². The number of nitrogens with one attached hydrogen (secondary N) is 2. The van der Waals surface area contributed by atoms with Crippen molar-refractivity contribution < 1.29 is 14.7 Å². The summed E-state index contributed by atoms with van der Waals surface area (Å²) in [6.45, 7) is 3.11. The number of carboxylic acids is 1. The van der Waals surface area contributed by atoms with Gasteiger partial charge in [0.2, 0.25) is 0 Å². The van der Waals surface area contributed by atoms with Crippen molar-refractivity contribution >= 4 is 34.5 Å². The van der Waals surface area contributed by atoms with E-state index in [1.165, 1.54) is 30.5 Å². The zero-order chi connectivity index (χ0) is 22.8. The molecule has 0 atom stereocenters. The Morgan fingerprint density at radius 3 is 2.67 bits per heavy atom. The van der Waals surface area contributed by atoms with Crippen LogP contribution in [0.2, 0.25) is 0 Å². The summed E-state index contributed by atoms with van der Waals surface area (Å²) in [5, 5.41) is 15.7. The molecule has 0 bridgehead atoms. The maximum absolute atomic E-state index is 13.0. The summed E-state index contributed by atoms with van der Waals surface area (Å²) in [5.74, 6) is -1.34.